The van der Waals surface area contributed by atoms with Gasteiger partial charge < -0.3 is 9.15 Å². The summed E-state index contributed by atoms with van der Waals surface area (Å²) in [7, 11) is 0. The molecule has 0 fully saturated rings. The molecule has 2 aromatic rings. The molecule has 1 heterocycles. The molecule has 0 aliphatic rings. The number of furan rings is 1. The predicted octanol–water partition coefficient (Wildman–Crippen LogP) is 3.53. The lowest BCUT2D eigenvalue weighted by Crippen LogP contribution is -1.99. The number of hydrogen-bond donors (Lipinski definition) is 0. The van der Waals surface area contributed by atoms with Crippen LogP contribution in [0.1, 0.15) is 6.92 Å². The molecule has 0 saturated heterocycles. The average Bonchev–Trinajstić information content (AvgIpc) is 2.65. The van der Waals surface area contributed by atoms with E-state index < -0.39 is 5.97 Å². The lowest BCUT2D eigenvalue weighted by Gasteiger charge is -1.97. The molecule has 3 nitrogen and oxygen atoms in total. The number of halogens is 1. The van der Waals surface area contributed by atoms with Crippen LogP contribution in [0, 0.1) is 0 Å². The molecule has 0 aliphatic carbocycles. The van der Waals surface area contributed by atoms with Crippen molar-refractivity contribution in [2.24, 2.45) is 0 Å². The van der Waals surface area contributed by atoms with E-state index in [9.17, 15) is 4.79 Å². The van der Waals surface area contributed by atoms with Gasteiger partial charge in [-0.25, -0.2) is 0 Å². The highest BCUT2D eigenvalue weighted by Gasteiger charge is 2.07. The molecule has 0 bridgehead atoms. The molecular weight excluding hydrogens is 228 g/mol. The van der Waals surface area contributed by atoms with Crippen molar-refractivity contribution >= 4 is 17.6 Å². The summed E-state index contributed by atoms with van der Waals surface area (Å²) in [6, 6.07) is 10.6. The summed E-state index contributed by atoms with van der Waals surface area (Å²) in [5.74, 6) is 0.383. The van der Waals surface area contributed by atoms with Gasteiger partial charge in [0, 0.05) is 23.6 Å². The second-order valence-electron chi connectivity index (χ2n) is 3.22. The Morgan fingerprint density at radius 2 is 2.12 bits per heavy atom. The minimum atomic E-state index is -0.410. The van der Waals surface area contributed by atoms with Gasteiger partial charge in [0.15, 0.2) is 0 Å². The standard InChI is InChI=1S/C12H9ClO3/c1-8(14)15-12-6-5-11(16-12)9-3-2-4-10(13)7-9/h2-7H,1H3. The highest BCUT2D eigenvalue weighted by molar-refractivity contribution is 6.30. The smallest absolute Gasteiger partial charge is 0.310 e. The van der Waals surface area contributed by atoms with E-state index in [-0.39, 0.29) is 5.95 Å². The van der Waals surface area contributed by atoms with Gasteiger partial charge in [0.1, 0.15) is 5.76 Å². The Balaban J connectivity index is 2.28. The minimum Gasteiger partial charge on any atom is -0.425 e. The van der Waals surface area contributed by atoms with Crippen molar-refractivity contribution in [2.75, 3.05) is 0 Å². The Morgan fingerprint density at radius 1 is 1.31 bits per heavy atom. The Morgan fingerprint density at radius 3 is 2.81 bits per heavy atom. The maximum absolute atomic E-state index is 10.7. The van der Waals surface area contributed by atoms with Crippen LogP contribution in [0.4, 0.5) is 0 Å². The molecule has 0 unspecified atom stereocenters. The fraction of sp³-hybridized carbons (Fsp3) is 0.0833. The van der Waals surface area contributed by atoms with E-state index >= 15 is 0 Å². The van der Waals surface area contributed by atoms with Crippen LogP contribution in [0.25, 0.3) is 11.3 Å². The maximum atomic E-state index is 10.7. The quantitative estimate of drug-likeness (QED) is 0.749. The average molecular weight is 237 g/mol. The summed E-state index contributed by atoms with van der Waals surface area (Å²) in [6.07, 6.45) is 0. The third-order valence-electron chi connectivity index (χ3n) is 1.93. The molecule has 0 amide bonds. The van der Waals surface area contributed by atoms with Crippen LogP contribution in [-0.2, 0) is 4.79 Å². The second kappa shape index (κ2) is 4.41. The van der Waals surface area contributed by atoms with Crippen molar-refractivity contribution in [3.63, 3.8) is 0 Å². The molecule has 0 atom stereocenters. The molecule has 1 aromatic carbocycles. The van der Waals surface area contributed by atoms with Gasteiger partial charge in [-0.15, -0.1) is 0 Å². The van der Waals surface area contributed by atoms with Gasteiger partial charge in [0.05, 0.1) is 0 Å². The molecule has 16 heavy (non-hydrogen) atoms. The van der Waals surface area contributed by atoms with Crippen molar-refractivity contribution < 1.29 is 13.9 Å². The fourth-order valence-corrected chi connectivity index (χ4v) is 1.50. The Hall–Kier alpha value is -1.74. The fourth-order valence-electron chi connectivity index (χ4n) is 1.31. The van der Waals surface area contributed by atoms with Crippen molar-refractivity contribution in [2.45, 2.75) is 6.92 Å². The summed E-state index contributed by atoms with van der Waals surface area (Å²) in [4.78, 5) is 10.7. The molecule has 0 saturated carbocycles. The minimum absolute atomic E-state index is 0.183. The van der Waals surface area contributed by atoms with Crippen LogP contribution < -0.4 is 4.74 Å². The van der Waals surface area contributed by atoms with E-state index in [1.165, 1.54) is 6.92 Å². The first-order valence-electron chi connectivity index (χ1n) is 4.69. The first-order valence-corrected chi connectivity index (χ1v) is 5.07. The lowest BCUT2D eigenvalue weighted by atomic mass is 10.2. The SMILES string of the molecule is CC(=O)Oc1ccc(-c2cccc(Cl)c2)o1. The normalized spacial score (nSPS) is 10.1. The van der Waals surface area contributed by atoms with E-state index in [1.54, 1.807) is 24.3 Å². The molecule has 2 rings (SSSR count). The zero-order chi connectivity index (χ0) is 11.5. The summed E-state index contributed by atoms with van der Waals surface area (Å²) in [5.41, 5.74) is 0.839. The largest absolute Gasteiger partial charge is 0.425 e. The zero-order valence-corrected chi connectivity index (χ0v) is 9.32. The van der Waals surface area contributed by atoms with Gasteiger partial charge in [0.25, 0.3) is 5.95 Å². The van der Waals surface area contributed by atoms with E-state index in [1.807, 2.05) is 12.1 Å². The first-order chi connectivity index (χ1) is 7.65. The number of carbonyl (C=O) groups is 1. The van der Waals surface area contributed by atoms with E-state index in [4.69, 9.17) is 20.8 Å². The summed E-state index contributed by atoms with van der Waals surface area (Å²) in [6.45, 7) is 1.32. The second-order valence-corrected chi connectivity index (χ2v) is 3.66. The summed E-state index contributed by atoms with van der Waals surface area (Å²) < 4.78 is 10.1. The number of hydrogen-bond acceptors (Lipinski definition) is 3. The number of esters is 1. The van der Waals surface area contributed by atoms with Crippen LogP contribution in [0.3, 0.4) is 0 Å². The predicted molar refractivity (Wildman–Crippen MR) is 60.5 cm³/mol. The monoisotopic (exact) mass is 236 g/mol. The van der Waals surface area contributed by atoms with E-state index in [0.717, 1.165) is 5.56 Å². The van der Waals surface area contributed by atoms with Gasteiger partial charge >= 0.3 is 5.97 Å². The molecule has 4 heteroatoms. The Kier molecular flexibility index (Phi) is 2.97. The molecule has 0 spiro atoms. The van der Waals surface area contributed by atoms with Gasteiger partial charge in [0.2, 0.25) is 0 Å². The topological polar surface area (TPSA) is 39.4 Å². The van der Waals surface area contributed by atoms with Crippen LogP contribution >= 0.6 is 11.6 Å². The number of benzene rings is 1. The molecule has 1 aromatic heterocycles. The number of ether oxygens (including phenoxy) is 1. The van der Waals surface area contributed by atoms with Crippen molar-refractivity contribution in [3.8, 4) is 17.3 Å². The third kappa shape index (κ3) is 2.44. The Bertz CT molecular complexity index is 516. The van der Waals surface area contributed by atoms with E-state index in [0.29, 0.717) is 10.8 Å². The van der Waals surface area contributed by atoms with Gasteiger partial charge in [-0.05, 0) is 18.2 Å². The van der Waals surface area contributed by atoms with Gasteiger partial charge in [-0.3, -0.25) is 4.79 Å². The van der Waals surface area contributed by atoms with Crippen molar-refractivity contribution in [3.05, 3.63) is 41.4 Å². The highest BCUT2D eigenvalue weighted by atomic mass is 35.5. The van der Waals surface area contributed by atoms with Crippen LogP contribution in [0.15, 0.2) is 40.8 Å². The van der Waals surface area contributed by atoms with Crippen LogP contribution in [0.2, 0.25) is 5.02 Å². The summed E-state index contributed by atoms with van der Waals surface area (Å²) >= 11 is 5.86. The van der Waals surface area contributed by atoms with Crippen LogP contribution in [-0.4, -0.2) is 5.97 Å². The number of carbonyl (C=O) groups excluding carboxylic acids is 1. The zero-order valence-electron chi connectivity index (χ0n) is 8.57. The van der Waals surface area contributed by atoms with E-state index in [2.05, 4.69) is 0 Å². The molecule has 0 N–H and O–H groups in total. The molecule has 0 radical (unpaired) electrons. The number of rotatable bonds is 2. The van der Waals surface area contributed by atoms with Gasteiger partial charge in [-0.2, -0.15) is 0 Å². The molecule has 0 aliphatic heterocycles. The lowest BCUT2D eigenvalue weighted by molar-refractivity contribution is -0.133. The molecule has 82 valence electrons. The van der Waals surface area contributed by atoms with Gasteiger partial charge in [-0.1, -0.05) is 23.7 Å². The van der Waals surface area contributed by atoms with Crippen molar-refractivity contribution in [1.29, 1.82) is 0 Å². The Labute approximate surface area is 97.6 Å². The highest BCUT2D eigenvalue weighted by Crippen LogP contribution is 2.27. The van der Waals surface area contributed by atoms with Crippen molar-refractivity contribution in [1.82, 2.24) is 0 Å². The summed E-state index contributed by atoms with van der Waals surface area (Å²) in [5, 5.41) is 0.628. The first kappa shape index (κ1) is 10.8. The molecular formula is C12H9ClO3. The maximum Gasteiger partial charge on any atom is 0.310 e. The van der Waals surface area contributed by atoms with Crippen LogP contribution in [0.5, 0.6) is 5.95 Å². The third-order valence-corrected chi connectivity index (χ3v) is 2.17.